The van der Waals surface area contributed by atoms with Crippen LogP contribution in [0.15, 0.2) is 34.2 Å². The third kappa shape index (κ3) is 2.40. The Hall–Kier alpha value is -1.40. The van der Waals surface area contributed by atoms with E-state index in [1.165, 1.54) is 11.3 Å². The van der Waals surface area contributed by atoms with Crippen molar-refractivity contribution in [2.24, 2.45) is 0 Å². The van der Waals surface area contributed by atoms with E-state index in [0.717, 1.165) is 0 Å². The van der Waals surface area contributed by atoms with Gasteiger partial charge in [0.25, 0.3) is 5.91 Å². The molecule has 0 unspecified atom stereocenters. The van der Waals surface area contributed by atoms with E-state index in [1.807, 2.05) is 0 Å². The summed E-state index contributed by atoms with van der Waals surface area (Å²) in [4.78, 5) is 15.7. The van der Waals surface area contributed by atoms with Gasteiger partial charge in [0, 0.05) is 27.3 Å². The molecule has 0 aliphatic carbocycles. The van der Waals surface area contributed by atoms with Gasteiger partial charge in [-0.25, -0.2) is 4.98 Å². The molecule has 1 aromatic heterocycles. The summed E-state index contributed by atoms with van der Waals surface area (Å²) in [5, 5.41) is 5.07. The molecule has 3 N–H and O–H groups in total. The van der Waals surface area contributed by atoms with Gasteiger partial charge in [-0.3, -0.25) is 10.1 Å². The van der Waals surface area contributed by atoms with Crippen LogP contribution in [0, 0.1) is 0 Å². The molecule has 1 amide bonds. The van der Waals surface area contributed by atoms with E-state index in [9.17, 15) is 4.79 Å². The molecular weight excluding hydrogens is 290 g/mol. The fraction of sp³-hybridized carbons (Fsp3) is 0. The van der Waals surface area contributed by atoms with Crippen LogP contribution in [0.2, 0.25) is 0 Å². The first-order valence-electron chi connectivity index (χ1n) is 4.42. The molecule has 0 aliphatic rings. The van der Waals surface area contributed by atoms with Crippen molar-refractivity contribution >= 4 is 44.0 Å². The fourth-order valence-corrected chi connectivity index (χ4v) is 2.03. The molecule has 6 heteroatoms. The minimum Gasteiger partial charge on any atom is -0.398 e. The van der Waals surface area contributed by atoms with E-state index >= 15 is 0 Å². The lowest BCUT2D eigenvalue weighted by Crippen LogP contribution is -2.11. The summed E-state index contributed by atoms with van der Waals surface area (Å²) in [5.74, 6) is -0.198. The van der Waals surface area contributed by atoms with Crippen molar-refractivity contribution < 1.29 is 4.79 Å². The average Bonchev–Trinajstić information content (AvgIpc) is 2.74. The number of thiazole rings is 1. The third-order valence-corrected chi connectivity index (χ3v) is 3.29. The van der Waals surface area contributed by atoms with Crippen LogP contribution < -0.4 is 11.1 Å². The van der Waals surface area contributed by atoms with E-state index in [2.05, 4.69) is 26.2 Å². The number of nitrogens with zero attached hydrogens (tertiary/aromatic N) is 1. The number of hydrogen-bond donors (Lipinski definition) is 2. The summed E-state index contributed by atoms with van der Waals surface area (Å²) in [5.41, 5.74) is 6.78. The second kappa shape index (κ2) is 4.63. The van der Waals surface area contributed by atoms with Crippen molar-refractivity contribution in [1.29, 1.82) is 0 Å². The first kappa shape index (κ1) is 11.1. The number of halogens is 1. The second-order valence-corrected chi connectivity index (χ2v) is 4.78. The first-order chi connectivity index (χ1) is 7.66. The van der Waals surface area contributed by atoms with Crippen molar-refractivity contribution in [3.63, 3.8) is 0 Å². The average molecular weight is 298 g/mol. The minimum absolute atomic E-state index is 0.198. The van der Waals surface area contributed by atoms with Crippen molar-refractivity contribution in [3.8, 4) is 0 Å². The summed E-state index contributed by atoms with van der Waals surface area (Å²) >= 11 is 4.65. The molecule has 0 saturated heterocycles. The van der Waals surface area contributed by atoms with Gasteiger partial charge in [-0.05, 0) is 34.1 Å². The summed E-state index contributed by atoms with van der Waals surface area (Å²) in [6.07, 6.45) is 1.64. The lowest BCUT2D eigenvalue weighted by atomic mass is 10.2. The van der Waals surface area contributed by atoms with Crippen LogP contribution >= 0.6 is 27.3 Å². The maximum Gasteiger partial charge on any atom is 0.257 e. The van der Waals surface area contributed by atoms with Gasteiger partial charge >= 0.3 is 0 Å². The number of aromatic nitrogens is 1. The van der Waals surface area contributed by atoms with Gasteiger partial charge in [-0.1, -0.05) is 0 Å². The van der Waals surface area contributed by atoms with Crippen LogP contribution in [-0.4, -0.2) is 10.9 Å². The number of amides is 1. The minimum atomic E-state index is -0.198. The molecule has 1 aromatic carbocycles. The van der Waals surface area contributed by atoms with Crippen LogP contribution in [-0.2, 0) is 0 Å². The monoisotopic (exact) mass is 297 g/mol. The van der Waals surface area contributed by atoms with Crippen LogP contribution in [0.5, 0.6) is 0 Å². The number of carbonyl (C=O) groups is 1. The maximum atomic E-state index is 11.8. The summed E-state index contributed by atoms with van der Waals surface area (Å²) in [7, 11) is 0. The van der Waals surface area contributed by atoms with E-state index in [-0.39, 0.29) is 5.91 Å². The topological polar surface area (TPSA) is 68.0 Å². The molecule has 0 saturated carbocycles. The Kier molecular flexibility index (Phi) is 3.21. The van der Waals surface area contributed by atoms with Crippen molar-refractivity contribution in [2.75, 3.05) is 11.1 Å². The molecule has 82 valence electrons. The number of nitrogen functional groups attached to an aromatic ring is 1. The Morgan fingerprint density at radius 2 is 2.31 bits per heavy atom. The predicted molar refractivity (Wildman–Crippen MR) is 68.6 cm³/mol. The van der Waals surface area contributed by atoms with Crippen LogP contribution in [0.3, 0.4) is 0 Å². The SMILES string of the molecule is Nc1ccc(C(=O)Nc2nccs2)cc1Br. The molecule has 0 spiro atoms. The van der Waals surface area contributed by atoms with Crippen LogP contribution in [0.4, 0.5) is 10.8 Å². The Bertz CT molecular complexity index is 513. The molecule has 2 aromatic rings. The van der Waals surface area contributed by atoms with Crippen molar-refractivity contribution in [2.45, 2.75) is 0 Å². The van der Waals surface area contributed by atoms with E-state index in [4.69, 9.17) is 5.73 Å². The number of hydrogen-bond acceptors (Lipinski definition) is 4. The fourth-order valence-electron chi connectivity index (χ4n) is 1.12. The van der Waals surface area contributed by atoms with Crippen LogP contribution in [0.25, 0.3) is 0 Å². The largest absolute Gasteiger partial charge is 0.398 e. The van der Waals surface area contributed by atoms with Gasteiger partial charge < -0.3 is 5.73 Å². The Morgan fingerprint density at radius 1 is 1.50 bits per heavy atom. The standard InChI is InChI=1S/C10H8BrN3OS/c11-7-5-6(1-2-8(7)12)9(15)14-10-13-3-4-16-10/h1-5H,12H2,(H,13,14,15). The highest BCUT2D eigenvalue weighted by molar-refractivity contribution is 9.10. The highest BCUT2D eigenvalue weighted by atomic mass is 79.9. The summed E-state index contributed by atoms with van der Waals surface area (Å²) < 4.78 is 0.708. The molecule has 0 aliphatic heterocycles. The number of nitrogens with two attached hydrogens (primary N) is 1. The molecule has 2 rings (SSSR count). The molecule has 4 nitrogen and oxygen atoms in total. The van der Waals surface area contributed by atoms with Gasteiger partial charge in [0.2, 0.25) is 0 Å². The number of anilines is 2. The smallest absolute Gasteiger partial charge is 0.257 e. The highest BCUT2D eigenvalue weighted by Crippen LogP contribution is 2.21. The third-order valence-electron chi connectivity index (χ3n) is 1.92. The number of nitrogens with one attached hydrogen (secondary N) is 1. The van der Waals surface area contributed by atoms with E-state index < -0.39 is 0 Å². The predicted octanol–water partition coefficient (Wildman–Crippen LogP) is 2.74. The Balaban J connectivity index is 2.18. The molecule has 0 radical (unpaired) electrons. The number of benzene rings is 1. The zero-order valence-corrected chi connectivity index (χ0v) is 10.5. The molecule has 0 bridgehead atoms. The lowest BCUT2D eigenvalue weighted by molar-refractivity contribution is 0.102. The second-order valence-electron chi connectivity index (χ2n) is 3.03. The number of rotatable bonds is 2. The first-order valence-corrected chi connectivity index (χ1v) is 6.10. The zero-order chi connectivity index (χ0) is 11.5. The van der Waals surface area contributed by atoms with Crippen LogP contribution in [0.1, 0.15) is 10.4 Å². The Morgan fingerprint density at radius 3 is 2.94 bits per heavy atom. The number of carbonyl (C=O) groups excluding carboxylic acids is 1. The molecule has 16 heavy (non-hydrogen) atoms. The van der Waals surface area contributed by atoms with Gasteiger partial charge in [-0.2, -0.15) is 0 Å². The maximum absolute atomic E-state index is 11.8. The zero-order valence-electron chi connectivity index (χ0n) is 8.11. The molecule has 0 fully saturated rings. The van der Waals surface area contributed by atoms with Crippen molar-refractivity contribution in [3.05, 3.63) is 39.8 Å². The van der Waals surface area contributed by atoms with Gasteiger partial charge in [-0.15, -0.1) is 11.3 Å². The van der Waals surface area contributed by atoms with Gasteiger partial charge in [0.05, 0.1) is 0 Å². The normalized spacial score (nSPS) is 10.1. The van der Waals surface area contributed by atoms with Gasteiger partial charge in [0.1, 0.15) is 0 Å². The van der Waals surface area contributed by atoms with E-state index in [0.29, 0.717) is 20.9 Å². The van der Waals surface area contributed by atoms with Crippen molar-refractivity contribution in [1.82, 2.24) is 4.98 Å². The van der Waals surface area contributed by atoms with Gasteiger partial charge in [0.15, 0.2) is 5.13 Å². The molecule has 1 heterocycles. The van der Waals surface area contributed by atoms with E-state index in [1.54, 1.807) is 29.8 Å². The quantitative estimate of drug-likeness (QED) is 0.838. The Labute approximate surface area is 105 Å². The molecular formula is C10H8BrN3OS. The molecule has 0 atom stereocenters. The highest BCUT2D eigenvalue weighted by Gasteiger charge is 2.08. The lowest BCUT2D eigenvalue weighted by Gasteiger charge is -2.03. The summed E-state index contributed by atoms with van der Waals surface area (Å²) in [6, 6.07) is 5.03. The summed E-state index contributed by atoms with van der Waals surface area (Å²) in [6.45, 7) is 0.